The molecule has 0 aliphatic rings. The summed E-state index contributed by atoms with van der Waals surface area (Å²) in [6, 6.07) is 9.88. The number of halogens is 3. The van der Waals surface area contributed by atoms with Gasteiger partial charge in [0.25, 0.3) is 0 Å². The van der Waals surface area contributed by atoms with Crippen LogP contribution in [0.15, 0.2) is 42.5 Å². The van der Waals surface area contributed by atoms with Gasteiger partial charge in [0.1, 0.15) is 17.7 Å². The van der Waals surface area contributed by atoms with E-state index >= 15 is 0 Å². The van der Waals surface area contributed by atoms with Crippen molar-refractivity contribution in [3.8, 4) is 5.75 Å². The quantitative estimate of drug-likeness (QED) is 0.923. The highest BCUT2D eigenvalue weighted by Gasteiger charge is 2.19. The number of benzene rings is 2. The Kier molecular flexibility index (Phi) is 4.29. The SMILES string of the molecule is Cc1ccc(F)cc1C(O)c1ccccc1OC(F)F. The molecule has 0 aromatic heterocycles. The van der Waals surface area contributed by atoms with E-state index in [1.807, 2.05) is 0 Å². The fourth-order valence-corrected chi connectivity index (χ4v) is 1.98. The molecule has 0 amide bonds. The maximum absolute atomic E-state index is 13.3. The summed E-state index contributed by atoms with van der Waals surface area (Å²) in [5, 5.41) is 10.3. The van der Waals surface area contributed by atoms with Crippen LogP contribution in [0.1, 0.15) is 22.8 Å². The number of hydrogen-bond acceptors (Lipinski definition) is 2. The second-order valence-corrected chi connectivity index (χ2v) is 4.32. The van der Waals surface area contributed by atoms with Crippen molar-refractivity contribution < 1.29 is 23.0 Å². The summed E-state index contributed by atoms with van der Waals surface area (Å²) in [4.78, 5) is 0. The van der Waals surface area contributed by atoms with Crippen LogP contribution in [0.4, 0.5) is 13.2 Å². The van der Waals surface area contributed by atoms with Crippen molar-refractivity contribution >= 4 is 0 Å². The summed E-state index contributed by atoms with van der Waals surface area (Å²) in [5.41, 5.74) is 1.14. The third-order valence-electron chi connectivity index (χ3n) is 2.97. The molecular formula is C15H13F3O2. The average Bonchev–Trinajstić information content (AvgIpc) is 2.41. The van der Waals surface area contributed by atoms with Crippen LogP contribution in [0.2, 0.25) is 0 Å². The summed E-state index contributed by atoms with van der Waals surface area (Å²) in [6.45, 7) is -1.29. The van der Waals surface area contributed by atoms with Crippen molar-refractivity contribution in [2.24, 2.45) is 0 Å². The summed E-state index contributed by atoms with van der Waals surface area (Å²) >= 11 is 0. The number of rotatable bonds is 4. The van der Waals surface area contributed by atoms with Gasteiger partial charge >= 0.3 is 6.61 Å². The van der Waals surface area contributed by atoms with Gasteiger partial charge in [0, 0.05) is 5.56 Å². The molecule has 0 radical (unpaired) electrons. The van der Waals surface area contributed by atoms with Crippen LogP contribution in [0.25, 0.3) is 0 Å². The lowest BCUT2D eigenvalue weighted by atomic mass is 9.97. The molecule has 0 spiro atoms. The fourth-order valence-electron chi connectivity index (χ4n) is 1.98. The van der Waals surface area contributed by atoms with Crippen molar-refractivity contribution in [3.63, 3.8) is 0 Å². The van der Waals surface area contributed by atoms with Crippen LogP contribution in [-0.2, 0) is 0 Å². The van der Waals surface area contributed by atoms with Gasteiger partial charge in [-0.2, -0.15) is 8.78 Å². The number of aliphatic hydroxyl groups is 1. The molecular weight excluding hydrogens is 269 g/mol. The molecule has 0 aliphatic carbocycles. The van der Waals surface area contributed by atoms with E-state index in [1.54, 1.807) is 13.0 Å². The highest BCUT2D eigenvalue weighted by molar-refractivity contribution is 5.42. The Balaban J connectivity index is 2.42. The molecule has 2 rings (SSSR count). The predicted octanol–water partition coefficient (Wildman–Crippen LogP) is 3.82. The minimum absolute atomic E-state index is 0.126. The molecule has 106 valence electrons. The highest BCUT2D eigenvalue weighted by atomic mass is 19.3. The summed E-state index contributed by atoms with van der Waals surface area (Å²) < 4.78 is 42.3. The maximum Gasteiger partial charge on any atom is 0.387 e. The maximum atomic E-state index is 13.3. The Morgan fingerprint density at radius 3 is 2.45 bits per heavy atom. The first-order valence-electron chi connectivity index (χ1n) is 5.97. The smallest absolute Gasteiger partial charge is 0.387 e. The van der Waals surface area contributed by atoms with E-state index < -0.39 is 18.5 Å². The van der Waals surface area contributed by atoms with Crippen LogP contribution in [-0.4, -0.2) is 11.7 Å². The molecule has 0 saturated heterocycles. The Morgan fingerprint density at radius 2 is 1.75 bits per heavy atom. The molecule has 5 heteroatoms. The summed E-state index contributed by atoms with van der Waals surface area (Å²) in [6.07, 6.45) is -1.24. The van der Waals surface area contributed by atoms with E-state index in [0.29, 0.717) is 11.1 Å². The lowest BCUT2D eigenvalue weighted by Gasteiger charge is -2.17. The van der Waals surface area contributed by atoms with E-state index in [1.165, 1.54) is 36.4 Å². The van der Waals surface area contributed by atoms with Gasteiger partial charge in [0.2, 0.25) is 0 Å². The first kappa shape index (κ1) is 14.4. The number of ether oxygens (including phenoxy) is 1. The number of aliphatic hydroxyl groups excluding tert-OH is 1. The van der Waals surface area contributed by atoms with E-state index in [9.17, 15) is 18.3 Å². The molecule has 0 heterocycles. The van der Waals surface area contributed by atoms with Gasteiger partial charge in [-0.1, -0.05) is 24.3 Å². The molecule has 0 aliphatic heterocycles. The van der Waals surface area contributed by atoms with Crippen molar-refractivity contribution in [3.05, 3.63) is 65.0 Å². The van der Waals surface area contributed by atoms with Crippen LogP contribution in [0, 0.1) is 12.7 Å². The number of aryl methyl sites for hydroxylation is 1. The fraction of sp³-hybridized carbons (Fsp3) is 0.200. The second-order valence-electron chi connectivity index (χ2n) is 4.32. The van der Waals surface area contributed by atoms with Crippen molar-refractivity contribution in [2.45, 2.75) is 19.6 Å². The monoisotopic (exact) mass is 282 g/mol. The number of para-hydroxylation sites is 1. The van der Waals surface area contributed by atoms with E-state index in [-0.39, 0.29) is 11.3 Å². The van der Waals surface area contributed by atoms with Gasteiger partial charge in [0.05, 0.1) is 0 Å². The molecule has 2 aromatic rings. The number of alkyl halides is 2. The van der Waals surface area contributed by atoms with Crippen LogP contribution >= 0.6 is 0 Å². The third kappa shape index (κ3) is 3.11. The second kappa shape index (κ2) is 5.96. The van der Waals surface area contributed by atoms with Gasteiger partial charge in [-0.25, -0.2) is 4.39 Å². The molecule has 1 atom stereocenters. The standard InChI is InChI=1S/C15H13F3O2/c1-9-6-7-10(16)8-12(9)14(19)11-4-2-3-5-13(11)20-15(17)18/h2-8,14-15,19H,1H3. The van der Waals surface area contributed by atoms with Crippen molar-refractivity contribution in [2.75, 3.05) is 0 Å². The Morgan fingerprint density at radius 1 is 1.05 bits per heavy atom. The van der Waals surface area contributed by atoms with E-state index in [4.69, 9.17) is 0 Å². The molecule has 2 aromatic carbocycles. The topological polar surface area (TPSA) is 29.5 Å². The normalized spacial score (nSPS) is 12.5. The largest absolute Gasteiger partial charge is 0.434 e. The van der Waals surface area contributed by atoms with Crippen molar-refractivity contribution in [1.29, 1.82) is 0 Å². The Hall–Kier alpha value is -2.01. The van der Waals surface area contributed by atoms with Gasteiger partial charge in [0.15, 0.2) is 0 Å². The van der Waals surface area contributed by atoms with Crippen LogP contribution in [0.3, 0.4) is 0 Å². The third-order valence-corrected chi connectivity index (χ3v) is 2.97. The molecule has 1 N–H and O–H groups in total. The Bertz CT molecular complexity index is 599. The predicted molar refractivity (Wildman–Crippen MR) is 68.3 cm³/mol. The van der Waals surface area contributed by atoms with E-state index in [0.717, 1.165) is 0 Å². The van der Waals surface area contributed by atoms with Crippen molar-refractivity contribution in [1.82, 2.24) is 0 Å². The molecule has 2 nitrogen and oxygen atoms in total. The first-order chi connectivity index (χ1) is 9.49. The first-order valence-corrected chi connectivity index (χ1v) is 5.97. The molecule has 0 saturated carbocycles. The lowest BCUT2D eigenvalue weighted by molar-refractivity contribution is -0.0512. The number of hydrogen-bond donors (Lipinski definition) is 1. The van der Waals surface area contributed by atoms with Crippen LogP contribution in [0.5, 0.6) is 5.75 Å². The minimum Gasteiger partial charge on any atom is -0.434 e. The minimum atomic E-state index is -2.99. The van der Waals surface area contributed by atoms with Crippen LogP contribution < -0.4 is 4.74 Å². The summed E-state index contributed by atoms with van der Waals surface area (Å²) in [7, 11) is 0. The van der Waals surface area contributed by atoms with Gasteiger partial charge in [-0.3, -0.25) is 0 Å². The Labute approximate surface area is 114 Å². The van der Waals surface area contributed by atoms with Gasteiger partial charge < -0.3 is 9.84 Å². The van der Waals surface area contributed by atoms with E-state index in [2.05, 4.69) is 4.74 Å². The average molecular weight is 282 g/mol. The molecule has 0 bridgehead atoms. The zero-order valence-electron chi connectivity index (χ0n) is 10.7. The highest BCUT2D eigenvalue weighted by Crippen LogP contribution is 2.32. The molecule has 20 heavy (non-hydrogen) atoms. The van der Waals surface area contributed by atoms with Gasteiger partial charge in [-0.15, -0.1) is 0 Å². The lowest BCUT2D eigenvalue weighted by Crippen LogP contribution is -2.09. The zero-order chi connectivity index (χ0) is 14.7. The molecule has 1 unspecified atom stereocenters. The zero-order valence-corrected chi connectivity index (χ0v) is 10.7. The molecule has 0 fully saturated rings. The van der Waals surface area contributed by atoms with Gasteiger partial charge in [-0.05, 0) is 36.2 Å². The summed E-state index contributed by atoms with van der Waals surface area (Å²) in [5.74, 6) is -0.629.